The van der Waals surface area contributed by atoms with Crippen LogP contribution in [0.5, 0.6) is 0 Å². The second-order valence-corrected chi connectivity index (χ2v) is 5.44. The van der Waals surface area contributed by atoms with Gasteiger partial charge in [0.15, 0.2) is 5.82 Å². The molecule has 0 unspecified atom stereocenters. The van der Waals surface area contributed by atoms with Gasteiger partial charge in [-0.05, 0) is 38.5 Å². The summed E-state index contributed by atoms with van der Waals surface area (Å²) < 4.78 is 4.93. The maximum Gasteiger partial charge on any atom is 0.275 e. The van der Waals surface area contributed by atoms with Gasteiger partial charge in [-0.1, -0.05) is 23.4 Å². The number of aryl methyl sites for hydroxylation is 3. The summed E-state index contributed by atoms with van der Waals surface area (Å²) in [5, 5.41) is 9.53. The molecule has 0 aliphatic rings. The molecule has 2 aromatic heterocycles. The second kappa shape index (κ2) is 6.49. The van der Waals surface area contributed by atoms with Gasteiger partial charge in [0.25, 0.3) is 5.91 Å². The van der Waals surface area contributed by atoms with Gasteiger partial charge >= 0.3 is 0 Å². The maximum atomic E-state index is 12.3. The fraction of sp³-hybridized carbons (Fsp3) is 0.176. The molecule has 0 aliphatic carbocycles. The van der Waals surface area contributed by atoms with Gasteiger partial charge in [-0.2, -0.15) is 0 Å². The lowest BCUT2D eigenvalue weighted by Crippen LogP contribution is -2.15. The highest BCUT2D eigenvalue weighted by molar-refractivity contribution is 6.02. The third kappa shape index (κ3) is 3.57. The molecule has 2 N–H and O–H groups in total. The van der Waals surface area contributed by atoms with E-state index in [-0.39, 0.29) is 11.6 Å². The zero-order chi connectivity index (χ0) is 17.1. The van der Waals surface area contributed by atoms with Crippen molar-refractivity contribution in [3.05, 3.63) is 59.1 Å². The van der Waals surface area contributed by atoms with E-state index in [0.29, 0.717) is 23.2 Å². The van der Waals surface area contributed by atoms with Crippen molar-refractivity contribution >= 4 is 23.4 Å². The fourth-order valence-electron chi connectivity index (χ4n) is 2.18. The van der Waals surface area contributed by atoms with Gasteiger partial charge in [-0.25, -0.2) is 9.97 Å². The topological polar surface area (TPSA) is 92.9 Å². The molecule has 0 fully saturated rings. The van der Waals surface area contributed by atoms with E-state index in [1.807, 2.05) is 38.1 Å². The number of aromatic nitrogens is 3. The number of amides is 1. The van der Waals surface area contributed by atoms with Crippen molar-refractivity contribution in [1.29, 1.82) is 0 Å². The normalized spacial score (nSPS) is 10.5. The summed E-state index contributed by atoms with van der Waals surface area (Å²) in [6, 6.07) is 11.0. The number of benzene rings is 1. The first-order valence-electron chi connectivity index (χ1n) is 7.44. The van der Waals surface area contributed by atoms with Crippen molar-refractivity contribution in [2.75, 3.05) is 10.6 Å². The molecule has 0 spiro atoms. The molecule has 122 valence electrons. The Morgan fingerprint density at radius 3 is 2.58 bits per heavy atom. The number of carbonyl (C=O) groups is 1. The SMILES string of the molecule is Cc1cc(C(=O)Nc2cc(C)on2)nc(Nc2ccccc2C)n1. The van der Waals surface area contributed by atoms with Gasteiger partial charge in [0, 0.05) is 17.4 Å². The minimum Gasteiger partial charge on any atom is -0.360 e. The molecule has 7 nitrogen and oxygen atoms in total. The number of nitrogens with one attached hydrogen (secondary N) is 2. The number of para-hydroxylation sites is 1. The summed E-state index contributed by atoms with van der Waals surface area (Å²) in [4.78, 5) is 20.9. The zero-order valence-corrected chi connectivity index (χ0v) is 13.6. The van der Waals surface area contributed by atoms with Crippen LogP contribution >= 0.6 is 0 Å². The zero-order valence-electron chi connectivity index (χ0n) is 13.6. The van der Waals surface area contributed by atoms with Crippen LogP contribution < -0.4 is 10.6 Å². The average Bonchev–Trinajstić information content (AvgIpc) is 2.94. The van der Waals surface area contributed by atoms with Gasteiger partial charge in [0.2, 0.25) is 5.95 Å². The van der Waals surface area contributed by atoms with Crippen molar-refractivity contribution in [3.8, 4) is 0 Å². The molecule has 0 bridgehead atoms. The Bertz CT molecular complexity index is 888. The Labute approximate surface area is 139 Å². The van der Waals surface area contributed by atoms with E-state index < -0.39 is 0 Å². The van der Waals surface area contributed by atoms with E-state index in [1.54, 1.807) is 19.1 Å². The third-order valence-corrected chi connectivity index (χ3v) is 3.35. The molecule has 3 rings (SSSR count). The number of anilines is 3. The van der Waals surface area contributed by atoms with Crippen molar-refractivity contribution in [2.24, 2.45) is 0 Å². The molecule has 0 saturated heterocycles. The van der Waals surface area contributed by atoms with Gasteiger partial charge in [-0.15, -0.1) is 0 Å². The maximum absolute atomic E-state index is 12.3. The summed E-state index contributed by atoms with van der Waals surface area (Å²) in [5.41, 5.74) is 2.88. The lowest BCUT2D eigenvalue weighted by Gasteiger charge is -2.09. The minimum atomic E-state index is -0.373. The number of nitrogens with zero attached hydrogens (tertiary/aromatic N) is 3. The average molecular weight is 323 g/mol. The van der Waals surface area contributed by atoms with Crippen LogP contribution in [-0.4, -0.2) is 21.0 Å². The minimum absolute atomic E-state index is 0.249. The number of rotatable bonds is 4. The van der Waals surface area contributed by atoms with E-state index in [4.69, 9.17) is 4.52 Å². The van der Waals surface area contributed by atoms with Crippen LogP contribution in [0.2, 0.25) is 0 Å². The molecule has 7 heteroatoms. The number of hydrogen-bond acceptors (Lipinski definition) is 6. The van der Waals surface area contributed by atoms with Crippen LogP contribution in [0.25, 0.3) is 0 Å². The predicted molar refractivity (Wildman–Crippen MR) is 90.4 cm³/mol. The van der Waals surface area contributed by atoms with Gasteiger partial charge in [0.05, 0.1) is 0 Å². The number of carbonyl (C=O) groups excluding carboxylic acids is 1. The molecule has 0 atom stereocenters. The summed E-state index contributed by atoms with van der Waals surface area (Å²) >= 11 is 0. The van der Waals surface area contributed by atoms with Crippen LogP contribution in [0.15, 0.2) is 40.9 Å². The quantitative estimate of drug-likeness (QED) is 0.764. The van der Waals surface area contributed by atoms with E-state index in [2.05, 4.69) is 25.8 Å². The molecule has 1 aromatic carbocycles. The van der Waals surface area contributed by atoms with Crippen LogP contribution in [0, 0.1) is 20.8 Å². The molecule has 1 amide bonds. The molecule has 24 heavy (non-hydrogen) atoms. The Hall–Kier alpha value is -3.22. The van der Waals surface area contributed by atoms with E-state index in [1.165, 1.54) is 0 Å². The predicted octanol–water partition coefficient (Wildman–Crippen LogP) is 3.39. The smallest absolute Gasteiger partial charge is 0.275 e. The third-order valence-electron chi connectivity index (χ3n) is 3.35. The number of hydrogen-bond donors (Lipinski definition) is 2. The van der Waals surface area contributed by atoms with Crippen molar-refractivity contribution in [3.63, 3.8) is 0 Å². The fourth-order valence-corrected chi connectivity index (χ4v) is 2.18. The highest BCUT2D eigenvalue weighted by Gasteiger charge is 2.13. The molecule has 3 aromatic rings. The van der Waals surface area contributed by atoms with Gasteiger partial charge < -0.3 is 15.2 Å². The van der Waals surface area contributed by atoms with Gasteiger partial charge in [-0.3, -0.25) is 4.79 Å². The standard InChI is InChI=1S/C17H17N5O2/c1-10-6-4-5-7-13(10)19-17-18-11(2)8-14(20-17)16(23)21-15-9-12(3)24-22-15/h4-9H,1-3H3,(H,18,19,20)(H,21,22,23). The van der Waals surface area contributed by atoms with Crippen LogP contribution in [0.4, 0.5) is 17.5 Å². The summed E-state index contributed by atoms with van der Waals surface area (Å²) in [6.45, 7) is 5.54. The van der Waals surface area contributed by atoms with Crippen LogP contribution in [0.1, 0.15) is 27.5 Å². The molecule has 0 radical (unpaired) electrons. The Kier molecular flexibility index (Phi) is 4.24. The van der Waals surface area contributed by atoms with E-state index in [0.717, 1.165) is 11.3 Å². The van der Waals surface area contributed by atoms with Crippen LogP contribution in [-0.2, 0) is 0 Å². The molecular formula is C17H17N5O2. The highest BCUT2D eigenvalue weighted by atomic mass is 16.5. The van der Waals surface area contributed by atoms with Crippen molar-refractivity contribution in [1.82, 2.24) is 15.1 Å². The first-order chi connectivity index (χ1) is 11.5. The van der Waals surface area contributed by atoms with Gasteiger partial charge in [0.1, 0.15) is 11.5 Å². The summed E-state index contributed by atoms with van der Waals surface area (Å²) in [7, 11) is 0. The first-order valence-corrected chi connectivity index (χ1v) is 7.44. The highest BCUT2D eigenvalue weighted by Crippen LogP contribution is 2.18. The summed E-state index contributed by atoms with van der Waals surface area (Å²) in [6.07, 6.45) is 0. The Morgan fingerprint density at radius 1 is 1.08 bits per heavy atom. The monoisotopic (exact) mass is 323 g/mol. The van der Waals surface area contributed by atoms with Crippen LogP contribution in [0.3, 0.4) is 0 Å². The van der Waals surface area contributed by atoms with E-state index in [9.17, 15) is 4.79 Å². The lowest BCUT2D eigenvalue weighted by molar-refractivity contribution is 0.102. The van der Waals surface area contributed by atoms with E-state index >= 15 is 0 Å². The lowest BCUT2D eigenvalue weighted by atomic mass is 10.2. The molecular weight excluding hydrogens is 306 g/mol. The Morgan fingerprint density at radius 2 is 1.88 bits per heavy atom. The molecule has 2 heterocycles. The molecule has 0 aliphatic heterocycles. The largest absolute Gasteiger partial charge is 0.360 e. The Balaban J connectivity index is 1.83. The summed E-state index contributed by atoms with van der Waals surface area (Å²) in [5.74, 6) is 0.959. The molecule has 0 saturated carbocycles. The second-order valence-electron chi connectivity index (χ2n) is 5.44. The van der Waals surface area contributed by atoms with Crippen molar-refractivity contribution < 1.29 is 9.32 Å². The first kappa shape index (κ1) is 15.7. The van der Waals surface area contributed by atoms with Crippen molar-refractivity contribution in [2.45, 2.75) is 20.8 Å².